The predicted molar refractivity (Wildman–Crippen MR) is 259 cm³/mol. The van der Waals surface area contributed by atoms with Gasteiger partial charge in [0.05, 0.1) is 40.9 Å². The number of halogens is 1. The van der Waals surface area contributed by atoms with E-state index in [1.165, 1.54) is 7.11 Å². The molecule has 4 heterocycles. The van der Waals surface area contributed by atoms with Gasteiger partial charge in [0.15, 0.2) is 6.73 Å². The number of esters is 1. The fourth-order valence-corrected chi connectivity index (χ4v) is 9.12. The molecule has 1 aliphatic rings. The highest BCUT2D eigenvalue weighted by atomic mass is 35.5. The van der Waals surface area contributed by atoms with Crippen molar-refractivity contribution in [2.24, 2.45) is 0 Å². The summed E-state index contributed by atoms with van der Waals surface area (Å²) >= 11 is 6.39. The summed E-state index contributed by atoms with van der Waals surface area (Å²) in [6, 6.07) is 45.3. The van der Waals surface area contributed by atoms with E-state index in [1.54, 1.807) is 12.1 Å². The van der Waals surface area contributed by atoms with Crippen LogP contribution >= 0.6 is 11.6 Å². The average Bonchev–Trinajstić information content (AvgIpc) is 3.36. The number of methoxy groups -OCH3 is 1. The van der Waals surface area contributed by atoms with E-state index in [4.69, 9.17) is 21.1 Å². The maximum Gasteiger partial charge on any atom is 0.337 e. The summed E-state index contributed by atoms with van der Waals surface area (Å²) in [6.45, 7) is 3.83. The molecule has 4 aromatic heterocycles. The Bertz CT molecular complexity index is 2450. The lowest BCUT2D eigenvalue weighted by Crippen LogP contribution is -2.49. The minimum absolute atomic E-state index is 0.00302. The Balaban J connectivity index is 1.15. The van der Waals surface area contributed by atoms with Crippen LogP contribution in [-0.4, -0.2) is 60.4 Å². The van der Waals surface area contributed by atoms with Gasteiger partial charge in [-0.3, -0.25) is 34.5 Å². The molecule has 11 nitrogen and oxygen atoms in total. The highest BCUT2D eigenvalue weighted by Gasteiger charge is 2.43. The van der Waals surface area contributed by atoms with Crippen molar-refractivity contribution < 1.29 is 19.1 Å². The van der Waals surface area contributed by atoms with Crippen molar-refractivity contribution in [3.63, 3.8) is 0 Å². The second-order valence-corrected chi connectivity index (χ2v) is 17.6. The van der Waals surface area contributed by atoms with Crippen LogP contribution in [-0.2, 0) is 60.8 Å². The molecule has 7 aromatic rings. The SMILES string of the molecule is COC(=O)c1ccc(CN(COc2cc(CN(Cc3ccccn3)Cc3ccccn3)cc(CN(Cc3ccccn3)Cc3ccccn3)c2)C(=O)C2(c3ccc(Cl)cc3)CCCCC2)cc1. The molecule has 0 aliphatic heterocycles. The molecule has 0 radical (unpaired) electrons. The Morgan fingerprint density at radius 3 is 1.46 bits per heavy atom. The molecular formula is C55H56ClN7O4. The van der Waals surface area contributed by atoms with Crippen LogP contribution in [0.4, 0.5) is 0 Å². The van der Waals surface area contributed by atoms with E-state index in [9.17, 15) is 4.79 Å². The predicted octanol–water partition coefficient (Wildman–Crippen LogP) is 10.4. The van der Waals surface area contributed by atoms with Crippen molar-refractivity contribution >= 4 is 23.5 Å². The van der Waals surface area contributed by atoms with E-state index in [2.05, 4.69) is 47.9 Å². The molecule has 0 N–H and O–H groups in total. The van der Waals surface area contributed by atoms with Gasteiger partial charge >= 0.3 is 5.97 Å². The van der Waals surface area contributed by atoms with Gasteiger partial charge in [-0.15, -0.1) is 0 Å². The number of rotatable bonds is 20. The zero-order chi connectivity index (χ0) is 46.3. The fraction of sp³-hybridized carbons (Fsp3) is 0.273. The van der Waals surface area contributed by atoms with Crippen molar-refractivity contribution in [1.29, 1.82) is 0 Å². The van der Waals surface area contributed by atoms with Crippen LogP contribution in [0, 0.1) is 0 Å². The minimum atomic E-state index is -0.750. The number of carbonyl (C=O) groups excluding carboxylic acids is 2. The molecule has 12 heteroatoms. The molecule has 3 aromatic carbocycles. The number of hydrogen-bond donors (Lipinski definition) is 0. The Morgan fingerprint density at radius 1 is 0.552 bits per heavy atom. The molecule has 0 spiro atoms. The Labute approximate surface area is 398 Å². The van der Waals surface area contributed by atoms with Gasteiger partial charge in [0.25, 0.3) is 0 Å². The van der Waals surface area contributed by atoms with E-state index in [-0.39, 0.29) is 19.2 Å². The van der Waals surface area contributed by atoms with Crippen LogP contribution in [0.5, 0.6) is 5.75 Å². The normalized spacial score (nSPS) is 13.3. The van der Waals surface area contributed by atoms with Crippen LogP contribution in [0.15, 0.2) is 164 Å². The maximum absolute atomic E-state index is 15.4. The van der Waals surface area contributed by atoms with Gasteiger partial charge in [0.2, 0.25) is 5.91 Å². The number of ether oxygens (including phenoxy) is 2. The molecule has 1 saturated carbocycles. The van der Waals surface area contributed by atoms with E-state index >= 15 is 4.79 Å². The van der Waals surface area contributed by atoms with Crippen molar-refractivity contribution in [1.82, 2.24) is 34.6 Å². The highest BCUT2D eigenvalue weighted by Crippen LogP contribution is 2.42. The van der Waals surface area contributed by atoms with Crippen molar-refractivity contribution in [3.05, 3.63) is 220 Å². The third-order valence-electron chi connectivity index (χ3n) is 12.2. The summed E-state index contributed by atoms with van der Waals surface area (Å²) in [4.78, 5) is 52.9. The smallest absolute Gasteiger partial charge is 0.337 e. The zero-order valence-electron chi connectivity index (χ0n) is 37.9. The topological polar surface area (TPSA) is 114 Å². The quantitative estimate of drug-likeness (QED) is 0.0541. The number of aromatic nitrogens is 4. The first-order chi connectivity index (χ1) is 32.8. The number of amides is 1. The maximum atomic E-state index is 15.4. The third-order valence-corrected chi connectivity index (χ3v) is 12.5. The van der Waals surface area contributed by atoms with E-state index in [0.717, 1.165) is 77.1 Å². The Hall–Kier alpha value is -6.79. The molecule has 1 amide bonds. The molecular weight excluding hydrogens is 858 g/mol. The lowest BCUT2D eigenvalue weighted by Gasteiger charge is -2.40. The largest absolute Gasteiger partial charge is 0.473 e. The summed E-state index contributed by atoms with van der Waals surface area (Å²) in [6.07, 6.45) is 11.7. The number of nitrogens with zero attached hydrogens (tertiary/aromatic N) is 7. The van der Waals surface area contributed by atoms with Gasteiger partial charge in [-0.1, -0.05) is 85.5 Å². The second-order valence-electron chi connectivity index (χ2n) is 17.2. The summed E-state index contributed by atoms with van der Waals surface area (Å²) < 4.78 is 11.8. The minimum Gasteiger partial charge on any atom is -0.473 e. The number of pyridine rings is 4. The monoisotopic (exact) mass is 913 g/mol. The van der Waals surface area contributed by atoms with Crippen molar-refractivity contribution in [3.8, 4) is 5.75 Å². The Morgan fingerprint density at radius 2 is 1.03 bits per heavy atom. The summed E-state index contributed by atoms with van der Waals surface area (Å²) in [5.74, 6) is 0.221. The van der Waals surface area contributed by atoms with Gasteiger partial charge < -0.3 is 14.4 Å². The van der Waals surface area contributed by atoms with Crippen LogP contribution in [0.25, 0.3) is 0 Å². The molecule has 0 saturated heterocycles. The fourth-order valence-electron chi connectivity index (χ4n) is 9.00. The number of benzene rings is 3. The van der Waals surface area contributed by atoms with E-state index in [1.807, 2.05) is 139 Å². The molecule has 342 valence electrons. The molecule has 67 heavy (non-hydrogen) atoms. The standard InChI is InChI=1S/C55H56ClN7O4/c1-66-53(64)45-19-17-42(18-20-45)36-63(54(65)55(25-7-2-8-26-55)46-21-23-47(56)24-22-46)41-67-52-32-43(34-61(37-48-13-3-9-27-57-48)38-49-14-4-10-28-58-49)31-44(33-52)35-62(39-50-15-5-11-29-59-50)40-51-16-6-12-30-60-51/h3-6,9-24,27-33H,2,7-8,25-26,34-41H2,1H3. The summed E-state index contributed by atoms with van der Waals surface area (Å²) in [5.41, 5.74) is 7.40. The van der Waals surface area contributed by atoms with Crippen LogP contribution in [0.2, 0.25) is 5.02 Å². The molecule has 0 unspecified atom stereocenters. The molecule has 1 fully saturated rings. The zero-order valence-corrected chi connectivity index (χ0v) is 38.7. The van der Waals surface area contributed by atoms with Gasteiger partial charge in [0.1, 0.15) is 5.75 Å². The molecule has 8 rings (SSSR count). The first-order valence-electron chi connectivity index (χ1n) is 22.8. The highest BCUT2D eigenvalue weighted by molar-refractivity contribution is 6.30. The van der Waals surface area contributed by atoms with E-state index in [0.29, 0.717) is 55.6 Å². The van der Waals surface area contributed by atoms with Crippen molar-refractivity contribution in [2.75, 3.05) is 13.8 Å². The lowest BCUT2D eigenvalue weighted by molar-refractivity contribution is -0.142. The third kappa shape index (κ3) is 13.0. The first kappa shape index (κ1) is 46.7. The number of hydrogen-bond acceptors (Lipinski definition) is 10. The first-order valence-corrected chi connectivity index (χ1v) is 23.2. The molecule has 1 aliphatic carbocycles. The van der Waals surface area contributed by atoms with Gasteiger partial charge in [-0.05, 0) is 120 Å². The molecule has 0 atom stereocenters. The van der Waals surface area contributed by atoms with Crippen LogP contribution in [0.1, 0.15) is 87.5 Å². The van der Waals surface area contributed by atoms with Gasteiger partial charge in [-0.25, -0.2) is 4.79 Å². The van der Waals surface area contributed by atoms with Crippen LogP contribution < -0.4 is 4.74 Å². The number of carbonyl (C=O) groups is 2. The van der Waals surface area contributed by atoms with Crippen molar-refractivity contribution in [2.45, 2.75) is 83.3 Å². The lowest BCUT2D eigenvalue weighted by atomic mass is 9.68. The summed E-state index contributed by atoms with van der Waals surface area (Å²) in [5, 5.41) is 0.626. The Kier molecular flexibility index (Phi) is 16.1. The molecule has 0 bridgehead atoms. The van der Waals surface area contributed by atoms with Crippen LogP contribution in [0.3, 0.4) is 0 Å². The second kappa shape index (κ2) is 23.1. The summed E-state index contributed by atoms with van der Waals surface area (Å²) in [7, 11) is 1.37. The van der Waals surface area contributed by atoms with Gasteiger partial charge in [-0.2, -0.15) is 0 Å². The van der Waals surface area contributed by atoms with E-state index < -0.39 is 11.4 Å². The average molecular weight is 915 g/mol. The van der Waals surface area contributed by atoms with Gasteiger partial charge in [0, 0.05) is 75.6 Å².